The van der Waals surface area contributed by atoms with Crippen LogP contribution in [0.15, 0.2) is 36.4 Å². The van der Waals surface area contributed by atoms with Crippen LogP contribution < -0.4 is 0 Å². The molecular weight excluding hydrogens is 403 g/mol. The van der Waals surface area contributed by atoms with Crippen LogP contribution in [0.1, 0.15) is 64.9 Å². The minimum atomic E-state index is -0.922. The van der Waals surface area contributed by atoms with Gasteiger partial charge in [-0.3, -0.25) is 0 Å². The van der Waals surface area contributed by atoms with Gasteiger partial charge < -0.3 is 5.11 Å². The molecule has 3 heteroatoms. The van der Waals surface area contributed by atoms with E-state index in [0.29, 0.717) is 0 Å². The van der Waals surface area contributed by atoms with Crippen molar-refractivity contribution in [2.24, 2.45) is 0 Å². The zero-order chi connectivity index (χ0) is 18.0. The predicted molar refractivity (Wildman–Crippen MR) is 108 cm³/mol. The average Bonchev–Trinajstić information content (AvgIpc) is 2.61. The molecule has 0 amide bonds. The number of hydrogen-bond acceptors (Lipinski definition) is 1. The fraction of sp³-hybridized carbons (Fsp3) is 0.571. The molecule has 0 saturated carbocycles. The molecule has 1 N–H and O–H groups in total. The molecule has 1 aromatic rings. The van der Waals surface area contributed by atoms with Crippen molar-refractivity contribution in [3.63, 3.8) is 0 Å². The topological polar surface area (TPSA) is 37.3 Å². The van der Waals surface area contributed by atoms with Crippen molar-refractivity contribution < 1.29 is 9.90 Å². The largest absolute Gasteiger partial charge is 0.478 e. The molecule has 0 unspecified atom stereocenters. The van der Waals surface area contributed by atoms with Gasteiger partial charge in [0.25, 0.3) is 0 Å². The third kappa shape index (κ3) is 14.8. The van der Waals surface area contributed by atoms with Crippen LogP contribution in [0.25, 0.3) is 6.08 Å². The second kappa shape index (κ2) is 17.1. The SMILES string of the molecule is CCC[CH2][Sn]([CH2]CCC)[CH2]CCC.O=C(O)C=Cc1ccccc1. The Labute approximate surface area is 156 Å². The molecule has 1 rings (SSSR count). The first-order valence-electron chi connectivity index (χ1n) is 9.43. The Morgan fingerprint density at radius 1 is 0.917 bits per heavy atom. The summed E-state index contributed by atoms with van der Waals surface area (Å²) in [7, 11) is 0. The van der Waals surface area contributed by atoms with Crippen LogP contribution in [-0.2, 0) is 4.79 Å². The van der Waals surface area contributed by atoms with Crippen molar-refractivity contribution in [1.29, 1.82) is 0 Å². The molecule has 1 aromatic carbocycles. The van der Waals surface area contributed by atoms with Crippen LogP contribution in [0.4, 0.5) is 0 Å². The molecule has 24 heavy (non-hydrogen) atoms. The number of aliphatic carboxylic acids is 1. The molecule has 0 aromatic heterocycles. The molecular formula is C21H35O2Sn. The van der Waals surface area contributed by atoms with E-state index in [1.54, 1.807) is 19.4 Å². The van der Waals surface area contributed by atoms with Gasteiger partial charge >= 0.3 is 98.3 Å². The minimum Gasteiger partial charge on any atom is -0.478 e. The number of benzene rings is 1. The van der Waals surface area contributed by atoms with E-state index in [2.05, 4.69) is 20.8 Å². The molecule has 0 aliphatic heterocycles. The van der Waals surface area contributed by atoms with Crippen molar-refractivity contribution >= 4 is 31.8 Å². The van der Waals surface area contributed by atoms with Gasteiger partial charge in [-0.15, -0.1) is 0 Å². The van der Waals surface area contributed by atoms with Gasteiger partial charge in [0.05, 0.1) is 0 Å². The first-order chi connectivity index (χ1) is 11.6. The van der Waals surface area contributed by atoms with Gasteiger partial charge in [0, 0.05) is 6.08 Å². The summed E-state index contributed by atoms with van der Waals surface area (Å²) in [5.41, 5.74) is 0.898. The molecule has 0 saturated heterocycles. The first kappa shape index (κ1) is 23.2. The predicted octanol–water partition coefficient (Wildman–Crippen LogP) is 6.67. The quantitative estimate of drug-likeness (QED) is 0.310. The van der Waals surface area contributed by atoms with Gasteiger partial charge in [-0.05, 0) is 11.6 Å². The van der Waals surface area contributed by atoms with Crippen LogP contribution in [0.2, 0.25) is 13.3 Å². The molecule has 0 heterocycles. The molecule has 0 fully saturated rings. The van der Waals surface area contributed by atoms with Crippen molar-refractivity contribution in [2.45, 2.75) is 72.6 Å². The monoisotopic (exact) mass is 439 g/mol. The van der Waals surface area contributed by atoms with E-state index in [4.69, 9.17) is 5.11 Å². The summed E-state index contributed by atoms with van der Waals surface area (Å²) < 4.78 is 5.04. The standard InChI is InChI=1S/C9H8O2.3C4H9.Sn/c10-9(11)7-6-8-4-2-1-3-5-8;3*1-3-4-2;/h1-7H,(H,10,11);3*1,3-4H2,2H3;. The molecule has 2 nitrogen and oxygen atoms in total. The van der Waals surface area contributed by atoms with Gasteiger partial charge in [-0.25, -0.2) is 4.79 Å². The molecule has 0 bridgehead atoms. The Morgan fingerprint density at radius 2 is 1.38 bits per heavy atom. The van der Waals surface area contributed by atoms with E-state index in [-0.39, 0.29) is 0 Å². The van der Waals surface area contributed by atoms with Crippen LogP contribution >= 0.6 is 0 Å². The van der Waals surface area contributed by atoms with Gasteiger partial charge in [0.1, 0.15) is 0 Å². The van der Waals surface area contributed by atoms with Gasteiger partial charge in [-0.1, -0.05) is 30.3 Å². The van der Waals surface area contributed by atoms with E-state index in [0.717, 1.165) is 11.6 Å². The average molecular weight is 438 g/mol. The summed E-state index contributed by atoms with van der Waals surface area (Å²) in [5.74, 6) is -0.922. The van der Waals surface area contributed by atoms with Gasteiger partial charge in [-0.2, -0.15) is 0 Å². The summed E-state index contributed by atoms with van der Waals surface area (Å²) in [6.07, 6.45) is 11.5. The summed E-state index contributed by atoms with van der Waals surface area (Å²) in [6.45, 7) is 7.00. The fourth-order valence-electron chi connectivity index (χ4n) is 2.39. The number of unbranched alkanes of at least 4 members (excludes halogenated alkanes) is 3. The smallest absolute Gasteiger partial charge is 0.328 e. The Hall–Kier alpha value is -0.771. The Kier molecular flexibility index (Phi) is 16.5. The van der Waals surface area contributed by atoms with Crippen molar-refractivity contribution in [3.05, 3.63) is 42.0 Å². The molecule has 0 aliphatic carbocycles. The molecule has 135 valence electrons. The molecule has 1 radical (unpaired) electrons. The van der Waals surface area contributed by atoms with E-state index in [1.165, 1.54) is 38.5 Å². The van der Waals surface area contributed by atoms with Crippen LogP contribution in [-0.4, -0.2) is 30.8 Å². The molecule has 0 aliphatic rings. The van der Waals surface area contributed by atoms with E-state index in [9.17, 15) is 4.79 Å². The zero-order valence-corrected chi connectivity index (χ0v) is 18.6. The maximum absolute atomic E-state index is 10.1. The molecule has 0 atom stereocenters. The van der Waals surface area contributed by atoms with E-state index < -0.39 is 25.7 Å². The van der Waals surface area contributed by atoms with Crippen LogP contribution in [0.5, 0.6) is 0 Å². The summed E-state index contributed by atoms with van der Waals surface area (Å²) in [5, 5.41) is 8.29. The summed E-state index contributed by atoms with van der Waals surface area (Å²) in [6, 6.07) is 9.31. The summed E-state index contributed by atoms with van der Waals surface area (Å²) in [4.78, 5) is 10.1. The normalized spacial score (nSPS) is 10.7. The van der Waals surface area contributed by atoms with Gasteiger partial charge in [0.15, 0.2) is 0 Å². The maximum Gasteiger partial charge on any atom is 0.328 e. The zero-order valence-electron chi connectivity index (χ0n) is 15.8. The Morgan fingerprint density at radius 3 is 1.75 bits per heavy atom. The second-order valence-corrected chi connectivity index (χ2v) is 14.7. The Bertz CT molecular complexity index is 410. The minimum absolute atomic E-state index is 0.839. The van der Waals surface area contributed by atoms with Crippen molar-refractivity contribution in [1.82, 2.24) is 0 Å². The first-order valence-corrected chi connectivity index (χ1v) is 15.5. The van der Waals surface area contributed by atoms with Crippen molar-refractivity contribution in [2.75, 3.05) is 0 Å². The van der Waals surface area contributed by atoms with Crippen LogP contribution in [0, 0.1) is 0 Å². The Balaban J connectivity index is 0.000000446. The van der Waals surface area contributed by atoms with Crippen LogP contribution in [0.3, 0.4) is 0 Å². The van der Waals surface area contributed by atoms with E-state index >= 15 is 0 Å². The molecule has 0 spiro atoms. The van der Waals surface area contributed by atoms with Crippen molar-refractivity contribution in [3.8, 4) is 0 Å². The number of rotatable bonds is 11. The summed E-state index contributed by atoms with van der Waals surface area (Å²) >= 11 is -0.839. The maximum atomic E-state index is 10.1. The number of carboxylic acids is 1. The number of carboxylic acid groups (broad SMARTS) is 1. The van der Waals surface area contributed by atoms with Gasteiger partial charge in [0.2, 0.25) is 0 Å². The fourth-order valence-corrected chi connectivity index (χ4v) is 11.8. The number of hydrogen-bond donors (Lipinski definition) is 1. The van der Waals surface area contributed by atoms with E-state index in [1.807, 2.05) is 30.3 Å². The third-order valence-corrected chi connectivity index (χ3v) is 13.0. The number of carbonyl (C=O) groups is 1. The second-order valence-electron chi connectivity index (χ2n) is 6.14. The third-order valence-electron chi connectivity index (χ3n) is 3.87.